The van der Waals surface area contributed by atoms with Gasteiger partial charge >= 0.3 is 5.97 Å². The van der Waals surface area contributed by atoms with Crippen LogP contribution >= 0.6 is 0 Å². The van der Waals surface area contributed by atoms with Gasteiger partial charge in [-0.3, -0.25) is 14.5 Å². The monoisotopic (exact) mass is 367 g/mol. The molecule has 9 heteroatoms. The summed E-state index contributed by atoms with van der Waals surface area (Å²) in [6.45, 7) is 0.579. The molecule has 27 heavy (non-hydrogen) atoms. The summed E-state index contributed by atoms with van der Waals surface area (Å²) in [7, 11) is 0. The van der Waals surface area contributed by atoms with E-state index in [2.05, 4.69) is 15.1 Å². The highest BCUT2D eigenvalue weighted by Gasteiger charge is 2.45. The van der Waals surface area contributed by atoms with Gasteiger partial charge in [0.1, 0.15) is 11.4 Å². The number of carbonyl (C=O) groups excluding carboxylic acids is 1. The number of rotatable bonds is 4. The van der Waals surface area contributed by atoms with Crippen LogP contribution in [0.15, 0.2) is 53.7 Å². The highest BCUT2D eigenvalue weighted by Crippen LogP contribution is 2.32. The summed E-state index contributed by atoms with van der Waals surface area (Å²) in [6.07, 6.45) is 8.03. The van der Waals surface area contributed by atoms with E-state index >= 15 is 0 Å². The number of hydrogen-bond acceptors (Lipinski definition) is 6. The van der Waals surface area contributed by atoms with Gasteiger partial charge in [-0.05, 0) is 18.2 Å². The normalized spacial score (nSPS) is 16.2. The number of carbonyl (C=O) groups is 2. The van der Waals surface area contributed by atoms with Crippen molar-refractivity contribution in [1.82, 2.24) is 24.6 Å². The predicted octanol–water partition coefficient (Wildman–Crippen LogP) is 1.65. The maximum Gasteiger partial charge on any atom is 0.331 e. The Morgan fingerprint density at radius 1 is 1.19 bits per heavy atom. The maximum atomic E-state index is 12.5. The minimum absolute atomic E-state index is 0.244. The van der Waals surface area contributed by atoms with Crippen molar-refractivity contribution in [3.05, 3.63) is 54.9 Å². The van der Waals surface area contributed by atoms with Crippen molar-refractivity contribution >= 4 is 11.9 Å². The van der Waals surface area contributed by atoms with Gasteiger partial charge in [-0.2, -0.15) is 5.10 Å². The predicted molar refractivity (Wildman–Crippen MR) is 92.7 cm³/mol. The molecule has 1 saturated heterocycles. The molecule has 9 nitrogen and oxygen atoms in total. The first kappa shape index (κ1) is 17.0. The van der Waals surface area contributed by atoms with Gasteiger partial charge in [-0.1, -0.05) is 0 Å². The van der Waals surface area contributed by atoms with Crippen molar-refractivity contribution in [3.8, 4) is 11.5 Å². The molecule has 0 unspecified atom stereocenters. The molecule has 0 bridgehead atoms. The number of aromatic nitrogens is 4. The quantitative estimate of drug-likeness (QED) is 0.745. The zero-order valence-corrected chi connectivity index (χ0v) is 14.4. The summed E-state index contributed by atoms with van der Waals surface area (Å²) < 4.78 is 6.79. The van der Waals surface area contributed by atoms with Crippen molar-refractivity contribution in [2.45, 2.75) is 18.4 Å². The summed E-state index contributed by atoms with van der Waals surface area (Å²) >= 11 is 0. The Morgan fingerprint density at radius 2 is 2.00 bits per heavy atom. The van der Waals surface area contributed by atoms with Crippen LogP contribution in [-0.4, -0.2) is 54.7 Å². The Bertz CT molecular complexity index is 943. The van der Waals surface area contributed by atoms with Gasteiger partial charge in [0.2, 0.25) is 0 Å². The van der Waals surface area contributed by atoms with Crippen LogP contribution < -0.4 is 0 Å². The lowest BCUT2D eigenvalue weighted by atomic mass is 9.87. The van der Waals surface area contributed by atoms with E-state index in [-0.39, 0.29) is 37.5 Å². The molecule has 1 aliphatic heterocycles. The number of aliphatic carboxylic acids is 1. The Labute approximate surface area is 154 Å². The molecule has 1 fully saturated rings. The third-order valence-electron chi connectivity index (χ3n) is 4.86. The number of hydrogen-bond donors (Lipinski definition) is 1. The molecule has 4 rings (SSSR count). The molecule has 0 aliphatic carbocycles. The number of carboxylic acid groups (broad SMARTS) is 1. The third kappa shape index (κ3) is 2.97. The van der Waals surface area contributed by atoms with E-state index in [0.717, 1.165) is 0 Å². The standard InChI is InChI=1S/C18H17N5O4/c24-16(14-12-19-6-7-20-14)22-9-4-18(5-10-22,17(25)26)23-8-3-13(21-23)15-2-1-11-27-15/h1-3,6-8,11-12H,4-5,9-10H2,(H,25,26). The second kappa shape index (κ2) is 6.67. The fourth-order valence-corrected chi connectivity index (χ4v) is 3.31. The molecular formula is C18H17N5O4. The van der Waals surface area contributed by atoms with E-state index in [1.807, 2.05) is 0 Å². The maximum absolute atomic E-state index is 12.5. The summed E-state index contributed by atoms with van der Waals surface area (Å²) in [6, 6.07) is 5.24. The van der Waals surface area contributed by atoms with Gasteiger partial charge in [0.05, 0.1) is 12.5 Å². The summed E-state index contributed by atoms with van der Waals surface area (Å²) in [5.74, 6) is -0.647. The van der Waals surface area contributed by atoms with E-state index in [1.54, 1.807) is 29.3 Å². The Balaban J connectivity index is 1.55. The first-order valence-corrected chi connectivity index (χ1v) is 8.49. The van der Waals surface area contributed by atoms with Gasteiger partial charge in [-0.15, -0.1) is 0 Å². The Morgan fingerprint density at radius 3 is 2.63 bits per heavy atom. The summed E-state index contributed by atoms with van der Waals surface area (Å²) in [5.41, 5.74) is -0.387. The fourth-order valence-electron chi connectivity index (χ4n) is 3.31. The van der Waals surface area contributed by atoms with E-state index in [1.165, 1.54) is 29.5 Å². The minimum Gasteiger partial charge on any atom is -0.479 e. The first-order chi connectivity index (χ1) is 13.1. The van der Waals surface area contributed by atoms with Gasteiger partial charge in [0, 0.05) is 44.5 Å². The van der Waals surface area contributed by atoms with E-state index in [0.29, 0.717) is 11.5 Å². The molecule has 4 heterocycles. The van der Waals surface area contributed by atoms with Crippen LogP contribution in [-0.2, 0) is 10.3 Å². The largest absolute Gasteiger partial charge is 0.479 e. The van der Waals surface area contributed by atoms with E-state index in [9.17, 15) is 14.7 Å². The Hall–Kier alpha value is -3.49. The van der Waals surface area contributed by atoms with Crippen LogP contribution in [0.4, 0.5) is 0 Å². The van der Waals surface area contributed by atoms with Gasteiger partial charge < -0.3 is 14.4 Å². The molecule has 0 spiro atoms. The smallest absolute Gasteiger partial charge is 0.331 e. The molecule has 0 aromatic carbocycles. The number of piperidine rings is 1. The average molecular weight is 367 g/mol. The van der Waals surface area contributed by atoms with Crippen LogP contribution in [0.1, 0.15) is 23.3 Å². The van der Waals surface area contributed by atoms with E-state index < -0.39 is 11.5 Å². The number of nitrogens with zero attached hydrogens (tertiary/aromatic N) is 5. The van der Waals surface area contributed by atoms with Gasteiger partial charge in [-0.25, -0.2) is 9.78 Å². The van der Waals surface area contributed by atoms with Crippen LogP contribution in [0, 0.1) is 0 Å². The molecule has 3 aromatic heterocycles. The molecular weight excluding hydrogens is 350 g/mol. The zero-order valence-electron chi connectivity index (χ0n) is 14.4. The van der Waals surface area contributed by atoms with Crippen molar-refractivity contribution < 1.29 is 19.1 Å². The molecule has 1 aliphatic rings. The average Bonchev–Trinajstić information content (AvgIpc) is 3.40. The lowest BCUT2D eigenvalue weighted by Crippen LogP contribution is -2.52. The van der Waals surface area contributed by atoms with Crippen molar-refractivity contribution in [2.24, 2.45) is 0 Å². The molecule has 3 aromatic rings. The van der Waals surface area contributed by atoms with E-state index in [4.69, 9.17) is 4.42 Å². The lowest BCUT2D eigenvalue weighted by Gasteiger charge is -2.38. The first-order valence-electron chi connectivity index (χ1n) is 8.49. The zero-order chi connectivity index (χ0) is 18.9. The molecule has 1 amide bonds. The van der Waals surface area contributed by atoms with Crippen LogP contribution in [0.5, 0.6) is 0 Å². The van der Waals surface area contributed by atoms with Gasteiger partial charge in [0.15, 0.2) is 11.3 Å². The number of furan rings is 1. The molecule has 0 radical (unpaired) electrons. The van der Waals surface area contributed by atoms with Crippen molar-refractivity contribution in [1.29, 1.82) is 0 Å². The lowest BCUT2D eigenvalue weighted by molar-refractivity contribution is -0.150. The second-order valence-corrected chi connectivity index (χ2v) is 6.34. The molecule has 0 saturated carbocycles. The minimum atomic E-state index is -1.20. The third-order valence-corrected chi connectivity index (χ3v) is 4.86. The van der Waals surface area contributed by atoms with Crippen molar-refractivity contribution in [3.63, 3.8) is 0 Å². The van der Waals surface area contributed by atoms with Crippen LogP contribution in [0.25, 0.3) is 11.5 Å². The molecule has 1 N–H and O–H groups in total. The highest BCUT2D eigenvalue weighted by atomic mass is 16.4. The van der Waals surface area contributed by atoms with Gasteiger partial charge in [0.25, 0.3) is 5.91 Å². The second-order valence-electron chi connectivity index (χ2n) is 6.34. The fraction of sp³-hybridized carbons (Fsp3) is 0.278. The molecule has 0 atom stereocenters. The van der Waals surface area contributed by atoms with Crippen LogP contribution in [0.2, 0.25) is 0 Å². The SMILES string of the molecule is O=C(c1cnccn1)N1CCC(C(=O)O)(n2ccc(-c3ccco3)n2)CC1. The number of carboxylic acids is 1. The number of amides is 1. The Kier molecular flexibility index (Phi) is 4.19. The topological polar surface area (TPSA) is 114 Å². The number of likely N-dealkylation sites (tertiary alicyclic amines) is 1. The highest BCUT2D eigenvalue weighted by molar-refractivity contribution is 5.92. The summed E-state index contributed by atoms with van der Waals surface area (Å²) in [4.78, 5) is 34.1. The van der Waals surface area contributed by atoms with Crippen molar-refractivity contribution in [2.75, 3.05) is 13.1 Å². The van der Waals surface area contributed by atoms with Crippen LogP contribution in [0.3, 0.4) is 0 Å². The molecule has 138 valence electrons. The summed E-state index contributed by atoms with van der Waals surface area (Å²) in [5, 5.41) is 14.3.